The number of anilines is 1. The molecule has 0 radical (unpaired) electrons. The Kier molecular flexibility index (Phi) is 4.89. The topological polar surface area (TPSA) is 76.4 Å². The number of carbonyl (C=O) groups is 1. The van der Waals surface area contributed by atoms with E-state index in [9.17, 15) is 13.2 Å². The van der Waals surface area contributed by atoms with Gasteiger partial charge in [0.15, 0.2) is 5.76 Å². The first-order valence-corrected chi connectivity index (χ1v) is 9.63. The second-order valence-corrected chi connectivity index (χ2v) is 8.09. The Hall–Kier alpha value is -2.57. The number of furan rings is 1. The number of halogens is 1. The minimum Gasteiger partial charge on any atom is -0.439 e. The highest BCUT2D eigenvalue weighted by Crippen LogP contribution is 2.26. The van der Waals surface area contributed by atoms with E-state index in [0.29, 0.717) is 16.3 Å². The van der Waals surface area contributed by atoms with E-state index in [4.69, 9.17) is 16.0 Å². The van der Waals surface area contributed by atoms with Gasteiger partial charge in [-0.25, -0.2) is 8.42 Å². The first-order chi connectivity index (χ1) is 12.3. The van der Waals surface area contributed by atoms with Crippen LogP contribution in [0.3, 0.4) is 0 Å². The number of aryl methyl sites for hydroxylation is 1. The lowest BCUT2D eigenvalue weighted by Crippen LogP contribution is -2.12. The molecule has 1 amide bonds. The molecule has 0 saturated heterocycles. The number of benzene rings is 2. The summed E-state index contributed by atoms with van der Waals surface area (Å²) in [7, 11) is -3.82. The second kappa shape index (κ2) is 6.97. The zero-order valence-electron chi connectivity index (χ0n) is 14.1. The number of nitrogens with one attached hydrogen (secondary N) is 1. The van der Waals surface area contributed by atoms with E-state index >= 15 is 0 Å². The summed E-state index contributed by atoms with van der Waals surface area (Å²) >= 11 is 6.03. The van der Waals surface area contributed by atoms with Crippen LogP contribution in [0.2, 0.25) is 5.02 Å². The van der Waals surface area contributed by atoms with Crippen molar-refractivity contribution >= 4 is 33.0 Å². The summed E-state index contributed by atoms with van der Waals surface area (Å²) in [6, 6.07) is 14.1. The Morgan fingerprint density at radius 2 is 1.69 bits per heavy atom. The maximum absolute atomic E-state index is 12.6. The average Bonchev–Trinajstić information content (AvgIpc) is 3.10. The Bertz CT molecular complexity index is 1070. The second-order valence-electron chi connectivity index (χ2n) is 5.80. The van der Waals surface area contributed by atoms with E-state index in [1.807, 2.05) is 6.92 Å². The number of hydrogen-bond acceptors (Lipinski definition) is 4. The third-order valence-corrected chi connectivity index (χ3v) is 5.97. The molecule has 134 valence electrons. The summed E-state index contributed by atoms with van der Waals surface area (Å²) in [5.41, 5.74) is 2.18. The molecule has 2 aromatic carbocycles. The number of sulfone groups is 1. The molecule has 3 rings (SSSR count). The minimum atomic E-state index is -3.82. The highest BCUT2D eigenvalue weighted by molar-refractivity contribution is 7.91. The van der Waals surface area contributed by atoms with Crippen LogP contribution in [0.5, 0.6) is 0 Å². The number of carbonyl (C=O) groups excluding carboxylic acids is 1. The van der Waals surface area contributed by atoms with Crippen LogP contribution in [0.1, 0.15) is 21.7 Å². The van der Waals surface area contributed by atoms with Crippen LogP contribution in [0, 0.1) is 13.8 Å². The van der Waals surface area contributed by atoms with Gasteiger partial charge in [0, 0.05) is 10.7 Å². The lowest BCUT2D eigenvalue weighted by Gasteiger charge is -2.08. The van der Waals surface area contributed by atoms with Gasteiger partial charge in [-0.1, -0.05) is 35.4 Å². The van der Waals surface area contributed by atoms with E-state index in [-0.39, 0.29) is 15.7 Å². The van der Waals surface area contributed by atoms with Gasteiger partial charge in [0.1, 0.15) is 0 Å². The van der Waals surface area contributed by atoms with Crippen LogP contribution in [-0.2, 0) is 9.84 Å². The van der Waals surface area contributed by atoms with Crippen LogP contribution in [0.25, 0.3) is 0 Å². The molecule has 7 heteroatoms. The molecule has 5 nitrogen and oxygen atoms in total. The van der Waals surface area contributed by atoms with Gasteiger partial charge in [-0.2, -0.15) is 0 Å². The Balaban J connectivity index is 1.86. The maximum Gasteiger partial charge on any atom is 0.291 e. The van der Waals surface area contributed by atoms with Crippen molar-refractivity contribution in [1.82, 2.24) is 0 Å². The monoisotopic (exact) mass is 389 g/mol. The summed E-state index contributed by atoms with van der Waals surface area (Å²) in [5, 5.41) is 2.90. The smallest absolute Gasteiger partial charge is 0.291 e. The molecular weight excluding hydrogens is 374 g/mol. The Labute approximate surface area is 156 Å². The molecular formula is C19H16ClNO4S. The Morgan fingerprint density at radius 3 is 2.38 bits per heavy atom. The van der Waals surface area contributed by atoms with Gasteiger partial charge in [0.25, 0.3) is 5.91 Å². The van der Waals surface area contributed by atoms with E-state index in [2.05, 4.69) is 5.32 Å². The van der Waals surface area contributed by atoms with Gasteiger partial charge >= 0.3 is 0 Å². The molecule has 0 aliphatic heterocycles. The van der Waals surface area contributed by atoms with Crippen molar-refractivity contribution in [1.29, 1.82) is 0 Å². The molecule has 0 fully saturated rings. The van der Waals surface area contributed by atoms with Gasteiger partial charge in [0.2, 0.25) is 14.9 Å². The number of rotatable bonds is 4. The molecule has 0 unspecified atom stereocenters. The largest absolute Gasteiger partial charge is 0.439 e. The standard InChI is InChI=1S/C19H16ClNO4S/c1-12-6-8-14(9-7-12)26(23,24)18-11-10-17(25-18)19(22)21-16-5-3-4-15(20)13(16)2/h3-11H,1-2H3,(H,21,22). The van der Waals surface area contributed by atoms with Gasteiger partial charge in [-0.05, 0) is 55.8 Å². The fourth-order valence-electron chi connectivity index (χ4n) is 2.35. The van der Waals surface area contributed by atoms with Gasteiger partial charge in [0.05, 0.1) is 4.90 Å². The molecule has 1 heterocycles. The fraction of sp³-hybridized carbons (Fsp3) is 0.105. The van der Waals surface area contributed by atoms with Gasteiger partial charge < -0.3 is 9.73 Å². The molecule has 26 heavy (non-hydrogen) atoms. The number of amides is 1. The zero-order chi connectivity index (χ0) is 18.9. The Morgan fingerprint density at radius 1 is 1.00 bits per heavy atom. The lowest BCUT2D eigenvalue weighted by molar-refractivity contribution is 0.0991. The van der Waals surface area contributed by atoms with Crippen molar-refractivity contribution in [3.8, 4) is 0 Å². The summed E-state index contributed by atoms with van der Waals surface area (Å²) in [6.07, 6.45) is 0. The predicted octanol–water partition coefficient (Wildman–Crippen LogP) is 4.63. The third-order valence-electron chi connectivity index (χ3n) is 3.92. The summed E-state index contributed by atoms with van der Waals surface area (Å²) in [6.45, 7) is 3.64. The van der Waals surface area contributed by atoms with Crippen molar-refractivity contribution in [2.45, 2.75) is 23.8 Å². The van der Waals surface area contributed by atoms with E-state index in [0.717, 1.165) is 5.56 Å². The van der Waals surface area contributed by atoms with Crippen molar-refractivity contribution in [2.24, 2.45) is 0 Å². The highest BCUT2D eigenvalue weighted by Gasteiger charge is 2.23. The first kappa shape index (κ1) is 18.2. The summed E-state index contributed by atoms with van der Waals surface area (Å²) in [4.78, 5) is 12.5. The highest BCUT2D eigenvalue weighted by atomic mass is 35.5. The average molecular weight is 390 g/mol. The van der Waals surface area contributed by atoms with Crippen LogP contribution in [-0.4, -0.2) is 14.3 Å². The van der Waals surface area contributed by atoms with Crippen molar-refractivity contribution in [3.05, 3.63) is 76.5 Å². The van der Waals surface area contributed by atoms with E-state index in [1.54, 1.807) is 37.3 Å². The van der Waals surface area contributed by atoms with Crippen LogP contribution in [0.4, 0.5) is 5.69 Å². The molecule has 0 saturated carbocycles. The summed E-state index contributed by atoms with van der Waals surface area (Å²) < 4.78 is 30.5. The molecule has 0 bridgehead atoms. The van der Waals surface area contributed by atoms with Gasteiger partial charge in [-0.3, -0.25) is 4.79 Å². The van der Waals surface area contributed by atoms with Crippen molar-refractivity contribution in [2.75, 3.05) is 5.32 Å². The quantitative estimate of drug-likeness (QED) is 0.705. The SMILES string of the molecule is Cc1ccc(S(=O)(=O)c2ccc(C(=O)Nc3cccc(Cl)c3C)o2)cc1. The maximum atomic E-state index is 12.6. The molecule has 3 aromatic rings. The predicted molar refractivity (Wildman–Crippen MR) is 99.5 cm³/mol. The lowest BCUT2D eigenvalue weighted by atomic mass is 10.2. The first-order valence-electron chi connectivity index (χ1n) is 7.77. The molecule has 0 aliphatic rings. The molecule has 1 N–H and O–H groups in total. The molecule has 1 aromatic heterocycles. The fourth-order valence-corrected chi connectivity index (χ4v) is 3.69. The van der Waals surface area contributed by atoms with E-state index in [1.165, 1.54) is 24.3 Å². The molecule has 0 spiro atoms. The van der Waals surface area contributed by atoms with Gasteiger partial charge in [-0.15, -0.1) is 0 Å². The van der Waals surface area contributed by atoms with Crippen LogP contribution in [0.15, 0.2) is 69.0 Å². The zero-order valence-corrected chi connectivity index (χ0v) is 15.7. The summed E-state index contributed by atoms with van der Waals surface area (Å²) in [5.74, 6) is -0.657. The number of hydrogen-bond donors (Lipinski definition) is 1. The van der Waals surface area contributed by atoms with E-state index < -0.39 is 15.7 Å². The van der Waals surface area contributed by atoms with Crippen molar-refractivity contribution < 1.29 is 17.6 Å². The van der Waals surface area contributed by atoms with Crippen molar-refractivity contribution in [3.63, 3.8) is 0 Å². The normalized spacial score (nSPS) is 11.3. The molecule has 0 atom stereocenters. The molecule has 0 aliphatic carbocycles. The van der Waals surface area contributed by atoms with Crippen LogP contribution >= 0.6 is 11.6 Å². The third kappa shape index (κ3) is 3.52. The van der Waals surface area contributed by atoms with Crippen LogP contribution < -0.4 is 5.32 Å². The minimum absolute atomic E-state index is 0.102.